The van der Waals surface area contributed by atoms with E-state index >= 15 is 0 Å². The van der Waals surface area contributed by atoms with E-state index in [4.69, 9.17) is 5.11 Å². The summed E-state index contributed by atoms with van der Waals surface area (Å²) in [6, 6.07) is 0. The SMILES string of the molecule is CN(CCO)C(=O)/C=C/CI. The van der Waals surface area contributed by atoms with Crippen molar-refractivity contribution in [1.29, 1.82) is 0 Å². The molecule has 1 amide bonds. The van der Waals surface area contributed by atoms with Crippen molar-refractivity contribution in [3.63, 3.8) is 0 Å². The van der Waals surface area contributed by atoms with Gasteiger partial charge in [0.1, 0.15) is 0 Å². The van der Waals surface area contributed by atoms with Crippen molar-refractivity contribution in [2.75, 3.05) is 24.6 Å². The first-order valence-electron chi connectivity index (χ1n) is 3.30. The molecule has 0 radical (unpaired) electrons. The van der Waals surface area contributed by atoms with Crippen LogP contribution in [0.2, 0.25) is 0 Å². The van der Waals surface area contributed by atoms with Crippen LogP contribution >= 0.6 is 22.6 Å². The number of amides is 1. The number of hydrogen-bond acceptors (Lipinski definition) is 2. The van der Waals surface area contributed by atoms with E-state index in [1.54, 1.807) is 13.1 Å². The summed E-state index contributed by atoms with van der Waals surface area (Å²) >= 11 is 2.16. The minimum absolute atomic E-state index is 0.0142. The number of likely N-dealkylation sites (N-methyl/N-ethyl adjacent to an activating group) is 1. The van der Waals surface area contributed by atoms with Crippen LogP contribution in [0.3, 0.4) is 0 Å². The molecule has 0 bridgehead atoms. The number of nitrogens with zero attached hydrogens (tertiary/aromatic N) is 1. The lowest BCUT2D eigenvalue weighted by Gasteiger charge is -2.12. The number of hydrogen-bond donors (Lipinski definition) is 1. The summed E-state index contributed by atoms with van der Waals surface area (Å²) < 4.78 is 0.830. The molecule has 0 aliphatic heterocycles. The van der Waals surface area contributed by atoms with Gasteiger partial charge in [0.2, 0.25) is 5.91 Å². The van der Waals surface area contributed by atoms with Crippen molar-refractivity contribution in [3.05, 3.63) is 12.2 Å². The van der Waals surface area contributed by atoms with Gasteiger partial charge in [0.15, 0.2) is 0 Å². The van der Waals surface area contributed by atoms with E-state index in [0.717, 1.165) is 4.43 Å². The van der Waals surface area contributed by atoms with Gasteiger partial charge in [-0.2, -0.15) is 0 Å². The third kappa shape index (κ3) is 5.20. The fourth-order valence-electron chi connectivity index (χ4n) is 0.533. The summed E-state index contributed by atoms with van der Waals surface area (Å²) in [6.07, 6.45) is 3.30. The summed E-state index contributed by atoms with van der Waals surface area (Å²) in [6.45, 7) is 0.407. The van der Waals surface area contributed by atoms with E-state index < -0.39 is 0 Å². The van der Waals surface area contributed by atoms with E-state index in [1.165, 1.54) is 11.0 Å². The van der Waals surface area contributed by atoms with Crippen LogP contribution in [0.4, 0.5) is 0 Å². The largest absolute Gasteiger partial charge is 0.395 e. The van der Waals surface area contributed by atoms with E-state index in [0.29, 0.717) is 6.54 Å². The highest BCUT2D eigenvalue weighted by atomic mass is 127. The summed E-state index contributed by atoms with van der Waals surface area (Å²) in [4.78, 5) is 12.5. The van der Waals surface area contributed by atoms with Crippen LogP contribution in [-0.2, 0) is 4.79 Å². The summed E-state index contributed by atoms with van der Waals surface area (Å²) in [7, 11) is 1.66. The van der Waals surface area contributed by atoms with Crippen LogP contribution in [0.25, 0.3) is 0 Å². The molecule has 1 N–H and O–H groups in total. The molecule has 0 aliphatic rings. The lowest BCUT2D eigenvalue weighted by atomic mass is 10.4. The van der Waals surface area contributed by atoms with Crippen molar-refractivity contribution in [2.45, 2.75) is 0 Å². The van der Waals surface area contributed by atoms with Gasteiger partial charge in [-0.25, -0.2) is 0 Å². The quantitative estimate of drug-likeness (QED) is 0.457. The summed E-state index contributed by atoms with van der Waals surface area (Å²) in [5.41, 5.74) is 0. The van der Waals surface area contributed by atoms with Crippen LogP contribution in [0, 0.1) is 0 Å². The Labute approximate surface area is 80.2 Å². The van der Waals surface area contributed by atoms with E-state index in [-0.39, 0.29) is 12.5 Å². The Hall–Kier alpha value is -0.100. The lowest BCUT2D eigenvalue weighted by Crippen LogP contribution is -2.27. The molecule has 0 atom stereocenters. The van der Waals surface area contributed by atoms with Gasteiger partial charge in [-0.3, -0.25) is 4.79 Å². The summed E-state index contributed by atoms with van der Waals surface area (Å²) in [5.74, 6) is -0.0595. The highest BCUT2D eigenvalue weighted by molar-refractivity contribution is 14.1. The van der Waals surface area contributed by atoms with Crippen molar-refractivity contribution in [1.82, 2.24) is 4.90 Å². The molecule has 0 aromatic rings. The first-order chi connectivity index (χ1) is 5.22. The number of alkyl halides is 1. The zero-order chi connectivity index (χ0) is 8.69. The van der Waals surface area contributed by atoms with Crippen molar-refractivity contribution >= 4 is 28.5 Å². The molecule has 0 aliphatic carbocycles. The fourth-order valence-corrected chi connectivity index (χ4v) is 0.787. The van der Waals surface area contributed by atoms with Gasteiger partial charge in [-0.1, -0.05) is 28.7 Å². The maximum absolute atomic E-state index is 11.0. The number of rotatable bonds is 4. The number of aliphatic hydroxyl groups excluding tert-OH is 1. The Balaban J connectivity index is 3.72. The number of aliphatic hydroxyl groups is 1. The zero-order valence-electron chi connectivity index (χ0n) is 6.46. The first kappa shape index (κ1) is 10.9. The standard InChI is InChI=1S/C7H12INO2/c1-9(5-6-10)7(11)3-2-4-8/h2-3,10H,4-6H2,1H3/b3-2+. The molecule has 64 valence electrons. The molecule has 4 heteroatoms. The monoisotopic (exact) mass is 269 g/mol. The molecule has 0 fully saturated rings. The predicted molar refractivity (Wildman–Crippen MR) is 52.7 cm³/mol. The normalized spacial score (nSPS) is 10.5. The molecular formula is C7H12INO2. The maximum Gasteiger partial charge on any atom is 0.246 e. The van der Waals surface area contributed by atoms with Crippen LogP contribution in [-0.4, -0.2) is 40.5 Å². The Kier molecular flexibility index (Phi) is 6.54. The van der Waals surface area contributed by atoms with Crippen LogP contribution < -0.4 is 0 Å². The maximum atomic E-state index is 11.0. The second-order valence-electron chi connectivity index (χ2n) is 2.04. The van der Waals surface area contributed by atoms with Gasteiger partial charge in [0.05, 0.1) is 6.61 Å². The molecule has 0 saturated carbocycles. The molecule has 0 saturated heterocycles. The molecule has 0 rings (SSSR count). The fraction of sp³-hybridized carbons (Fsp3) is 0.571. The molecular weight excluding hydrogens is 257 g/mol. The van der Waals surface area contributed by atoms with Gasteiger partial charge in [0, 0.05) is 18.0 Å². The second kappa shape index (κ2) is 6.60. The first-order valence-corrected chi connectivity index (χ1v) is 4.83. The number of halogens is 1. The third-order valence-electron chi connectivity index (χ3n) is 1.16. The smallest absolute Gasteiger partial charge is 0.246 e. The van der Waals surface area contributed by atoms with Gasteiger partial charge in [-0.05, 0) is 6.08 Å². The Bertz CT molecular complexity index is 147. The topological polar surface area (TPSA) is 40.5 Å². The van der Waals surface area contributed by atoms with Gasteiger partial charge >= 0.3 is 0 Å². The van der Waals surface area contributed by atoms with Crippen molar-refractivity contribution < 1.29 is 9.90 Å². The molecule has 0 aromatic heterocycles. The Morgan fingerprint density at radius 2 is 2.36 bits per heavy atom. The molecule has 0 unspecified atom stereocenters. The Morgan fingerprint density at radius 3 is 2.82 bits per heavy atom. The Morgan fingerprint density at radius 1 is 1.73 bits per heavy atom. The summed E-state index contributed by atoms with van der Waals surface area (Å²) in [5, 5.41) is 8.49. The van der Waals surface area contributed by atoms with Crippen LogP contribution in [0.15, 0.2) is 12.2 Å². The molecule has 0 heterocycles. The zero-order valence-corrected chi connectivity index (χ0v) is 8.61. The molecule has 0 spiro atoms. The molecule has 11 heavy (non-hydrogen) atoms. The van der Waals surface area contributed by atoms with E-state index in [1.807, 2.05) is 0 Å². The van der Waals surface area contributed by atoms with E-state index in [2.05, 4.69) is 22.6 Å². The number of carbonyl (C=O) groups is 1. The van der Waals surface area contributed by atoms with Crippen molar-refractivity contribution in [2.24, 2.45) is 0 Å². The van der Waals surface area contributed by atoms with E-state index in [9.17, 15) is 4.79 Å². The van der Waals surface area contributed by atoms with Gasteiger partial charge in [0.25, 0.3) is 0 Å². The third-order valence-corrected chi connectivity index (χ3v) is 1.67. The molecule has 3 nitrogen and oxygen atoms in total. The molecule has 0 aromatic carbocycles. The predicted octanol–water partition coefficient (Wildman–Crippen LogP) is 0.428. The van der Waals surface area contributed by atoms with Gasteiger partial charge in [-0.15, -0.1) is 0 Å². The van der Waals surface area contributed by atoms with Gasteiger partial charge < -0.3 is 10.0 Å². The average molecular weight is 269 g/mol. The van der Waals surface area contributed by atoms with Crippen molar-refractivity contribution in [3.8, 4) is 0 Å². The van der Waals surface area contributed by atoms with Crippen LogP contribution in [0.1, 0.15) is 0 Å². The minimum Gasteiger partial charge on any atom is -0.395 e. The average Bonchev–Trinajstić information content (AvgIpc) is 2.00. The van der Waals surface area contributed by atoms with Crippen LogP contribution in [0.5, 0.6) is 0 Å². The lowest BCUT2D eigenvalue weighted by molar-refractivity contribution is -0.125. The highest BCUT2D eigenvalue weighted by Crippen LogP contribution is 1.88. The highest BCUT2D eigenvalue weighted by Gasteiger charge is 2.01. The number of carbonyl (C=O) groups excluding carboxylic acids is 1. The second-order valence-corrected chi connectivity index (χ2v) is 2.92. The minimum atomic E-state index is -0.0595. The number of allylic oxidation sites excluding steroid dienone is 1.